The lowest BCUT2D eigenvalue weighted by Crippen LogP contribution is -2.24. The Morgan fingerprint density at radius 1 is 1.31 bits per heavy atom. The van der Waals surface area contributed by atoms with E-state index >= 15 is 0 Å². The maximum absolute atomic E-state index is 11.4. The summed E-state index contributed by atoms with van der Waals surface area (Å²) in [7, 11) is -3.32. The van der Waals surface area contributed by atoms with Crippen molar-refractivity contribution in [2.45, 2.75) is 12.7 Å². The molecule has 0 aliphatic rings. The molecule has 0 heterocycles. The molecular formula is C10H13NO4S. The van der Waals surface area contributed by atoms with Gasteiger partial charge in [-0.2, -0.15) is 0 Å². The first-order chi connectivity index (χ1) is 7.44. The minimum absolute atomic E-state index is 0.138. The highest BCUT2D eigenvalue weighted by atomic mass is 32.2. The quantitative estimate of drug-likeness (QED) is 0.802. The largest absolute Gasteiger partial charge is 0.478 e. The maximum Gasteiger partial charge on any atom is 0.335 e. The van der Waals surface area contributed by atoms with Gasteiger partial charge in [0.15, 0.2) is 0 Å². The van der Waals surface area contributed by atoms with Crippen molar-refractivity contribution in [2.24, 2.45) is 0 Å². The van der Waals surface area contributed by atoms with E-state index in [1.807, 2.05) is 0 Å². The van der Waals surface area contributed by atoms with Crippen LogP contribution in [0.25, 0.3) is 0 Å². The molecule has 0 bridgehead atoms. The average molecular weight is 243 g/mol. The Kier molecular flexibility index (Phi) is 4.03. The number of rotatable bonds is 5. The Bertz CT molecular complexity index is 464. The third kappa shape index (κ3) is 3.63. The average Bonchev–Trinajstić information content (AvgIpc) is 2.17. The summed E-state index contributed by atoms with van der Waals surface area (Å²) in [6.45, 7) is 2.04. The van der Waals surface area contributed by atoms with Crippen LogP contribution in [0.5, 0.6) is 0 Å². The van der Waals surface area contributed by atoms with E-state index in [0.717, 1.165) is 0 Å². The maximum atomic E-state index is 11.4. The van der Waals surface area contributed by atoms with Crippen molar-refractivity contribution in [1.82, 2.24) is 4.72 Å². The van der Waals surface area contributed by atoms with E-state index < -0.39 is 16.0 Å². The van der Waals surface area contributed by atoms with Gasteiger partial charge in [0.05, 0.1) is 11.3 Å². The van der Waals surface area contributed by atoms with Gasteiger partial charge in [-0.1, -0.05) is 19.1 Å². The van der Waals surface area contributed by atoms with Gasteiger partial charge in [0.1, 0.15) is 0 Å². The number of hydrogen-bond acceptors (Lipinski definition) is 3. The van der Waals surface area contributed by atoms with Crippen LogP contribution < -0.4 is 4.72 Å². The lowest BCUT2D eigenvalue weighted by molar-refractivity contribution is 0.0697. The summed E-state index contributed by atoms with van der Waals surface area (Å²) in [5.41, 5.74) is 0.704. The zero-order valence-electron chi connectivity index (χ0n) is 8.80. The first-order valence-electron chi connectivity index (χ1n) is 4.74. The Morgan fingerprint density at radius 2 is 1.88 bits per heavy atom. The van der Waals surface area contributed by atoms with Crippen LogP contribution in [0.2, 0.25) is 0 Å². The molecule has 0 atom stereocenters. The van der Waals surface area contributed by atoms with Gasteiger partial charge in [-0.25, -0.2) is 17.9 Å². The molecule has 0 radical (unpaired) electrons. The van der Waals surface area contributed by atoms with Crippen LogP contribution >= 0.6 is 0 Å². The molecule has 1 rings (SSSR count). The van der Waals surface area contributed by atoms with Gasteiger partial charge in [-0.3, -0.25) is 0 Å². The Hall–Kier alpha value is -1.40. The number of benzene rings is 1. The fourth-order valence-corrected chi connectivity index (χ4v) is 2.41. The van der Waals surface area contributed by atoms with Crippen LogP contribution in [0.15, 0.2) is 24.3 Å². The molecule has 0 unspecified atom stereocenters. The van der Waals surface area contributed by atoms with Crippen LogP contribution in [0, 0.1) is 0 Å². The summed E-state index contributed by atoms with van der Waals surface area (Å²) < 4.78 is 25.1. The van der Waals surface area contributed by atoms with Gasteiger partial charge in [0.25, 0.3) is 0 Å². The van der Waals surface area contributed by atoms with Crippen molar-refractivity contribution in [3.8, 4) is 0 Å². The molecule has 1 aromatic carbocycles. The van der Waals surface area contributed by atoms with E-state index in [1.54, 1.807) is 6.92 Å². The van der Waals surface area contributed by atoms with E-state index in [1.165, 1.54) is 24.3 Å². The lowest BCUT2D eigenvalue weighted by Gasteiger charge is -2.04. The summed E-state index contributed by atoms with van der Waals surface area (Å²) in [6, 6.07) is 5.77. The van der Waals surface area contributed by atoms with Gasteiger partial charge in [-0.15, -0.1) is 0 Å². The van der Waals surface area contributed by atoms with E-state index in [2.05, 4.69) is 4.72 Å². The molecule has 0 aliphatic carbocycles. The predicted octanol–water partition coefficient (Wildman–Crippen LogP) is 0.824. The molecule has 0 aliphatic heterocycles. The second kappa shape index (κ2) is 5.09. The number of nitrogens with one attached hydrogen (secondary N) is 1. The van der Waals surface area contributed by atoms with Gasteiger partial charge in [-0.05, 0) is 17.7 Å². The molecule has 0 amide bonds. The topological polar surface area (TPSA) is 83.5 Å². The smallest absolute Gasteiger partial charge is 0.335 e. The van der Waals surface area contributed by atoms with E-state index in [9.17, 15) is 13.2 Å². The third-order valence-electron chi connectivity index (χ3n) is 1.92. The van der Waals surface area contributed by atoms with Crippen LogP contribution in [0.4, 0.5) is 0 Å². The highest BCUT2D eigenvalue weighted by Gasteiger charge is 2.10. The molecule has 88 valence electrons. The summed E-state index contributed by atoms with van der Waals surface area (Å²) in [6.07, 6.45) is 0. The molecule has 0 spiro atoms. The second-order valence-electron chi connectivity index (χ2n) is 3.26. The zero-order valence-corrected chi connectivity index (χ0v) is 9.62. The highest BCUT2D eigenvalue weighted by Crippen LogP contribution is 2.07. The fraction of sp³-hybridized carbons (Fsp3) is 0.300. The SMILES string of the molecule is CCNS(=O)(=O)Cc1ccc(C(=O)O)cc1. The minimum Gasteiger partial charge on any atom is -0.478 e. The summed E-state index contributed by atoms with van der Waals surface area (Å²) >= 11 is 0. The predicted molar refractivity (Wildman–Crippen MR) is 59.7 cm³/mol. The van der Waals surface area contributed by atoms with Crippen molar-refractivity contribution in [1.29, 1.82) is 0 Å². The van der Waals surface area contributed by atoms with Crippen molar-refractivity contribution in [3.05, 3.63) is 35.4 Å². The number of sulfonamides is 1. The van der Waals surface area contributed by atoms with Crippen LogP contribution in [-0.2, 0) is 15.8 Å². The number of aromatic carboxylic acids is 1. The molecule has 6 heteroatoms. The molecule has 0 saturated heterocycles. The Morgan fingerprint density at radius 3 is 2.31 bits per heavy atom. The molecular weight excluding hydrogens is 230 g/mol. The van der Waals surface area contributed by atoms with Gasteiger partial charge in [0.2, 0.25) is 10.0 Å². The molecule has 16 heavy (non-hydrogen) atoms. The Balaban J connectivity index is 2.80. The lowest BCUT2D eigenvalue weighted by atomic mass is 10.1. The normalized spacial score (nSPS) is 11.3. The number of carbonyl (C=O) groups is 1. The number of carboxylic acids is 1. The van der Waals surface area contributed by atoms with Crippen molar-refractivity contribution >= 4 is 16.0 Å². The van der Waals surface area contributed by atoms with Gasteiger partial charge < -0.3 is 5.11 Å². The molecule has 0 saturated carbocycles. The second-order valence-corrected chi connectivity index (χ2v) is 5.07. The summed E-state index contributed by atoms with van der Waals surface area (Å²) in [5, 5.41) is 8.66. The number of carboxylic acid groups (broad SMARTS) is 1. The molecule has 2 N–H and O–H groups in total. The zero-order chi connectivity index (χ0) is 12.2. The summed E-state index contributed by atoms with van der Waals surface area (Å²) in [4.78, 5) is 10.6. The van der Waals surface area contributed by atoms with Crippen molar-refractivity contribution < 1.29 is 18.3 Å². The number of hydrogen-bond donors (Lipinski definition) is 2. The molecule has 0 aromatic heterocycles. The van der Waals surface area contributed by atoms with Crippen molar-refractivity contribution in [3.63, 3.8) is 0 Å². The Labute approximate surface area is 94.2 Å². The first-order valence-corrected chi connectivity index (χ1v) is 6.39. The molecule has 1 aromatic rings. The van der Waals surface area contributed by atoms with Gasteiger partial charge in [0, 0.05) is 6.54 Å². The van der Waals surface area contributed by atoms with E-state index in [4.69, 9.17) is 5.11 Å². The van der Waals surface area contributed by atoms with Crippen molar-refractivity contribution in [2.75, 3.05) is 6.54 Å². The molecule has 0 fully saturated rings. The van der Waals surface area contributed by atoms with E-state index in [0.29, 0.717) is 12.1 Å². The minimum atomic E-state index is -3.32. The monoisotopic (exact) mass is 243 g/mol. The third-order valence-corrected chi connectivity index (χ3v) is 3.36. The highest BCUT2D eigenvalue weighted by molar-refractivity contribution is 7.88. The van der Waals surface area contributed by atoms with Crippen LogP contribution in [0.1, 0.15) is 22.8 Å². The van der Waals surface area contributed by atoms with Crippen LogP contribution in [-0.4, -0.2) is 26.0 Å². The first kappa shape index (κ1) is 12.7. The standard InChI is InChI=1S/C10H13NO4S/c1-2-11-16(14,15)7-8-3-5-9(6-4-8)10(12)13/h3-6,11H,2,7H2,1H3,(H,12,13). The fourth-order valence-electron chi connectivity index (χ4n) is 1.23. The van der Waals surface area contributed by atoms with Crippen LogP contribution in [0.3, 0.4) is 0 Å². The van der Waals surface area contributed by atoms with Gasteiger partial charge >= 0.3 is 5.97 Å². The molecule has 5 nitrogen and oxygen atoms in total. The summed E-state index contributed by atoms with van der Waals surface area (Å²) in [5.74, 6) is -1.16. The van der Waals surface area contributed by atoms with E-state index in [-0.39, 0.29) is 11.3 Å².